The molecule has 120 valence electrons. The molecule has 1 N–H and O–H groups in total. The van der Waals surface area contributed by atoms with Crippen LogP contribution in [0.1, 0.15) is 15.9 Å². The molecule has 0 unspecified atom stereocenters. The van der Waals surface area contributed by atoms with E-state index in [0.717, 1.165) is 5.56 Å². The topological polar surface area (TPSA) is 64.1 Å². The Morgan fingerprint density at radius 3 is 2.71 bits per heavy atom. The van der Waals surface area contributed by atoms with E-state index in [-0.39, 0.29) is 5.91 Å². The van der Waals surface area contributed by atoms with Crippen LogP contribution in [0.4, 0.5) is 5.69 Å². The number of amides is 1. The number of benzene rings is 1. The van der Waals surface area contributed by atoms with Crippen LogP contribution in [-0.4, -0.2) is 15.9 Å². The minimum absolute atomic E-state index is 0.225. The van der Waals surface area contributed by atoms with Crippen molar-refractivity contribution in [2.45, 2.75) is 6.92 Å². The van der Waals surface area contributed by atoms with Crippen LogP contribution in [0.2, 0.25) is 5.02 Å². The maximum atomic E-state index is 12.2. The molecule has 0 radical (unpaired) electrons. The van der Waals surface area contributed by atoms with E-state index < -0.39 is 0 Å². The van der Waals surface area contributed by atoms with Crippen molar-refractivity contribution in [1.29, 1.82) is 0 Å². The van der Waals surface area contributed by atoms with Gasteiger partial charge in [0.15, 0.2) is 0 Å². The molecule has 2 heterocycles. The van der Waals surface area contributed by atoms with Gasteiger partial charge < -0.3 is 10.1 Å². The highest BCUT2D eigenvalue weighted by molar-refractivity contribution is 6.31. The Bertz CT molecular complexity index is 852. The molecule has 0 aliphatic heterocycles. The normalized spacial score (nSPS) is 10.2. The van der Waals surface area contributed by atoms with Crippen molar-refractivity contribution in [3.8, 4) is 11.6 Å². The second-order valence-corrected chi connectivity index (χ2v) is 5.50. The molecule has 0 saturated carbocycles. The predicted octanol–water partition coefficient (Wildman–Crippen LogP) is 4.48. The van der Waals surface area contributed by atoms with Gasteiger partial charge in [-0.2, -0.15) is 0 Å². The van der Waals surface area contributed by atoms with Crippen LogP contribution >= 0.6 is 11.6 Å². The van der Waals surface area contributed by atoms with Gasteiger partial charge in [0.2, 0.25) is 5.88 Å². The molecule has 2 aromatic heterocycles. The number of ether oxygens (including phenoxy) is 1. The molecule has 0 bridgehead atoms. The van der Waals surface area contributed by atoms with Gasteiger partial charge in [-0.1, -0.05) is 11.6 Å². The molecular formula is C18H14ClN3O2. The van der Waals surface area contributed by atoms with Gasteiger partial charge in [-0.25, -0.2) is 4.98 Å². The second kappa shape index (κ2) is 7.10. The Labute approximate surface area is 144 Å². The fourth-order valence-corrected chi connectivity index (χ4v) is 2.15. The van der Waals surface area contributed by atoms with Crippen LogP contribution < -0.4 is 10.1 Å². The predicted molar refractivity (Wildman–Crippen MR) is 92.7 cm³/mol. The molecule has 5 nitrogen and oxygen atoms in total. The lowest BCUT2D eigenvalue weighted by atomic mass is 10.1. The third kappa shape index (κ3) is 3.88. The summed E-state index contributed by atoms with van der Waals surface area (Å²) < 4.78 is 5.55. The Morgan fingerprint density at radius 1 is 1.17 bits per heavy atom. The van der Waals surface area contributed by atoms with Crippen molar-refractivity contribution in [3.05, 3.63) is 77.2 Å². The first kappa shape index (κ1) is 16.0. The van der Waals surface area contributed by atoms with E-state index in [2.05, 4.69) is 15.3 Å². The van der Waals surface area contributed by atoms with Gasteiger partial charge in [-0.15, -0.1) is 0 Å². The summed E-state index contributed by atoms with van der Waals surface area (Å²) in [4.78, 5) is 20.4. The van der Waals surface area contributed by atoms with Crippen LogP contribution in [0.15, 0.2) is 61.1 Å². The summed E-state index contributed by atoms with van der Waals surface area (Å²) in [7, 11) is 0. The highest BCUT2D eigenvalue weighted by Gasteiger charge is 2.08. The molecule has 1 amide bonds. The van der Waals surface area contributed by atoms with Crippen molar-refractivity contribution >= 4 is 23.2 Å². The molecule has 3 aromatic rings. The maximum absolute atomic E-state index is 12.2. The van der Waals surface area contributed by atoms with E-state index in [1.165, 1.54) is 6.20 Å². The van der Waals surface area contributed by atoms with Crippen LogP contribution in [0.25, 0.3) is 0 Å². The van der Waals surface area contributed by atoms with Crippen molar-refractivity contribution in [3.63, 3.8) is 0 Å². The molecule has 6 heteroatoms. The molecule has 0 atom stereocenters. The molecule has 1 aromatic carbocycles. The molecule has 0 aliphatic rings. The third-order valence-corrected chi connectivity index (χ3v) is 3.70. The maximum Gasteiger partial charge on any atom is 0.255 e. The molecule has 0 saturated heterocycles. The van der Waals surface area contributed by atoms with Crippen LogP contribution in [-0.2, 0) is 0 Å². The number of nitrogens with zero attached hydrogens (tertiary/aromatic N) is 2. The Kier molecular flexibility index (Phi) is 4.72. The Balaban J connectivity index is 1.67. The standard InChI is InChI=1S/C18H14ClN3O2/c1-12-9-13(4-6-16(12)19)18(23)22-14-5-7-17(21-10-14)24-15-3-2-8-20-11-15/h2-11H,1H3,(H,22,23). The van der Waals surface area contributed by atoms with Crippen LogP contribution in [0.5, 0.6) is 11.6 Å². The van der Waals surface area contributed by atoms with E-state index in [1.807, 2.05) is 6.92 Å². The number of carbonyl (C=O) groups excluding carboxylic acids is 1. The van der Waals surface area contributed by atoms with Gasteiger partial charge >= 0.3 is 0 Å². The fourth-order valence-electron chi connectivity index (χ4n) is 2.03. The number of hydrogen-bond donors (Lipinski definition) is 1. The van der Waals surface area contributed by atoms with Crippen molar-refractivity contribution in [1.82, 2.24) is 9.97 Å². The first-order valence-electron chi connectivity index (χ1n) is 7.23. The van der Waals surface area contributed by atoms with Gasteiger partial charge in [0.25, 0.3) is 5.91 Å². The number of aromatic nitrogens is 2. The number of anilines is 1. The van der Waals surface area contributed by atoms with Gasteiger partial charge in [-0.3, -0.25) is 9.78 Å². The Morgan fingerprint density at radius 2 is 2.04 bits per heavy atom. The van der Waals surface area contributed by atoms with E-state index in [4.69, 9.17) is 16.3 Å². The number of halogens is 1. The summed E-state index contributed by atoms with van der Waals surface area (Å²) in [5.41, 5.74) is 1.96. The zero-order valence-electron chi connectivity index (χ0n) is 12.9. The largest absolute Gasteiger partial charge is 0.437 e. The monoisotopic (exact) mass is 339 g/mol. The number of pyridine rings is 2. The highest BCUT2D eigenvalue weighted by atomic mass is 35.5. The first-order valence-corrected chi connectivity index (χ1v) is 7.61. The smallest absolute Gasteiger partial charge is 0.255 e. The molecule has 3 rings (SSSR count). The van der Waals surface area contributed by atoms with Crippen molar-refractivity contribution in [2.24, 2.45) is 0 Å². The highest BCUT2D eigenvalue weighted by Crippen LogP contribution is 2.20. The summed E-state index contributed by atoms with van der Waals surface area (Å²) in [6, 6.07) is 12.1. The first-order chi connectivity index (χ1) is 11.6. The van der Waals surface area contributed by atoms with E-state index in [9.17, 15) is 4.79 Å². The molecule has 0 aliphatic carbocycles. The van der Waals surface area contributed by atoms with Crippen LogP contribution in [0.3, 0.4) is 0 Å². The SMILES string of the molecule is Cc1cc(C(=O)Nc2ccc(Oc3cccnc3)nc2)ccc1Cl. The number of nitrogens with one attached hydrogen (secondary N) is 1. The van der Waals surface area contributed by atoms with E-state index in [0.29, 0.717) is 27.9 Å². The Hall–Kier alpha value is -2.92. The van der Waals surface area contributed by atoms with Gasteiger partial charge in [0.05, 0.1) is 18.1 Å². The summed E-state index contributed by atoms with van der Waals surface area (Å²) in [5, 5.41) is 3.41. The van der Waals surface area contributed by atoms with E-state index >= 15 is 0 Å². The minimum atomic E-state index is -0.225. The van der Waals surface area contributed by atoms with Crippen molar-refractivity contribution in [2.75, 3.05) is 5.32 Å². The van der Waals surface area contributed by atoms with Gasteiger partial charge in [0.1, 0.15) is 5.75 Å². The molecular weight excluding hydrogens is 326 g/mol. The summed E-state index contributed by atoms with van der Waals surface area (Å²) in [6.45, 7) is 1.85. The zero-order valence-corrected chi connectivity index (χ0v) is 13.6. The molecule has 0 fully saturated rings. The summed E-state index contributed by atoms with van der Waals surface area (Å²) in [5.74, 6) is 0.791. The van der Waals surface area contributed by atoms with Gasteiger partial charge in [-0.05, 0) is 48.9 Å². The number of carbonyl (C=O) groups is 1. The quantitative estimate of drug-likeness (QED) is 0.761. The van der Waals surface area contributed by atoms with E-state index in [1.54, 1.807) is 54.9 Å². The number of aryl methyl sites for hydroxylation is 1. The summed E-state index contributed by atoms with van der Waals surface area (Å²) in [6.07, 6.45) is 4.80. The van der Waals surface area contributed by atoms with Gasteiger partial charge in [0, 0.05) is 22.8 Å². The lowest BCUT2D eigenvalue weighted by Gasteiger charge is -2.08. The molecule has 0 spiro atoms. The fraction of sp³-hybridized carbons (Fsp3) is 0.0556. The molecule has 24 heavy (non-hydrogen) atoms. The lowest BCUT2D eigenvalue weighted by molar-refractivity contribution is 0.102. The number of hydrogen-bond acceptors (Lipinski definition) is 4. The minimum Gasteiger partial charge on any atom is -0.437 e. The van der Waals surface area contributed by atoms with Crippen LogP contribution in [0, 0.1) is 6.92 Å². The average molecular weight is 340 g/mol. The second-order valence-electron chi connectivity index (χ2n) is 5.09. The third-order valence-electron chi connectivity index (χ3n) is 3.27. The zero-order chi connectivity index (χ0) is 16.9. The average Bonchev–Trinajstić information content (AvgIpc) is 2.60. The number of rotatable bonds is 4. The van der Waals surface area contributed by atoms with Crippen molar-refractivity contribution < 1.29 is 9.53 Å². The lowest BCUT2D eigenvalue weighted by Crippen LogP contribution is -2.12. The summed E-state index contributed by atoms with van der Waals surface area (Å²) >= 11 is 5.97.